The van der Waals surface area contributed by atoms with Crippen molar-refractivity contribution < 1.29 is 19.1 Å². The van der Waals surface area contributed by atoms with E-state index in [1.807, 2.05) is 6.07 Å². The van der Waals surface area contributed by atoms with Crippen LogP contribution in [0.3, 0.4) is 0 Å². The van der Waals surface area contributed by atoms with Gasteiger partial charge in [0.05, 0.1) is 6.10 Å². The van der Waals surface area contributed by atoms with Gasteiger partial charge in [0, 0.05) is 30.7 Å². The van der Waals surface area contributed by atoms with Crippen LogP contribution >= 0.6 is 0 Å². The molecule has 3 aromatic rings. The molecule has 0 spiro atoms. The predicted octanol–water partition coefficient (Wildman–Crippen LogP) is 4.14. The van der Waals surface area contributed by atoms with Crippen LogP contribution in [0.2, 0.25) is 0 Å². The van der Waals surface area contributed by atoms with Gasteiger partial charge in [-0.2, -0.15) is 0 Å². The van der Waals surface area contributed by atoms with Crippen molar-refractivity contribution in [1.29, 1.82) is 0 Å². The van der Waals surface area contributed by atoms with E-state index >= 15 is 0 Å². The summed E-state index contributed by atoms with van der Waals surface area (Å²) in [6.45, 7) is 3.42. The molecule has 8 nitrogen and oxygen atoms in total. The molecule has 0 bridgehead atoms. The van der Waals surface area contributed by atoms with Crippen LogP contribution in [0.1, 0.15) is 24.3 Å². The average Bonchev–Trinajstić information content (AvgIpc) is 2.74. The smallest absolute Gasteiger partial charge is 0.416 e. The van der Waals surface area contributed by atoms with Crippen molar-refractivity contribution in [3.8, 4) is 22.8 Å². The number of nitrogen functional groups attached to an aromatic ring is 1. The fraction of sp³-hybridized carbons (Fsp3) is 0.182. The number of nitrogens with two attached hydrogens (primary N) is 1. The highest BCUT2D eigenvalue weighted by molar-refractivity contribution is 6.02. The summed E-state index contributed by atoms with van der Waals surface area (Å²) in [5, 5.41) is 0. The Bertz CT molecular complexity index is 1050. The molecule has 0 radical (unpaired) electrons. The van der Waals surface area contributed by atoms with E-state index in [2.05, 4.69) is 9.97 Å². The van der Waals surface area contributed by atoms with Gasteiger partial charge < -0.3 is 15.2 Å². The normalized spacial score (nSPS) is 10.5. The maximum atomic E-state index is 12.7. The van der Waals surface area contributed by atoms with E-state index in [1.165, 1.54) is 13.2 Å². The van der Waals surface area contributed by atoms with Gasteiger partial charge in [-0.3, -0.25) is 9.78 Å². The Balaban J connectivity index is 1.88. The lowest BCUT2D eigenvalue weighted by Crippen LogP contribution is -2.35. The number of carbonyl (C=O) groups excluding carboxylic acids is 2. The Morgan fingerprint density at radius 3 is 2.47 bits per heavy atom. The topological polar surface area (TPSA) is 108 Å². The fourth-order valence-electron chi connectivity index (χ4n) is 2.59. The Morgan fingerprint density at radius 1 is 1.03 bits per heavy atom. The second-order valence-corrected chi connectivity index (χ2v) is 6.75. The van der Waals surface area contributed by atoms with Crippen molar-refractivity contribution >= 4 is 17.7 Å². The molecule has 0 unspecified atom stereocenters. The van der Waals surface area contributed by atoms with Gasteiger partial charge in [0.15, 0.2) is 0 Å². The lowest BCUT2D eigenvalue weighted by molar-refractivity contribution is 0.0623. The summed E-state index contributed by atoms with van der Waals surface area (Å²) in [6.07, 6.45) is 2.02. The quantitative estimate of drug-likeness (QED) is 0.635. The second kappa shape index (κ2) is 9.04. The third kappa shape index (κ3) is 4.91. The first kappa shape index (κ1) is 20.8. The Labute approximate surface area is 174 Å². The van der Waals surface area contributed by atoms with Gasteiger partial charge >= 0.3 is 6.09 Å². The van der Waals surface area contributed by atoms with Crippen LogP contribution in [0.15, 0.2) is 60.9 Å². The fourth-order valence-corrected chi connectivity index (χ4v) is 2.59. The standard InChI is InChI=1S/C22H22N4O4/c1-14(2)29-22(28)26(3)21(27)19-13-15(10-12-24-19)18-5-4-11-25-20(18)30-17-8-6-16(23)7-9-17/h4-14H,23H2,1-3H3. The zero-order valence-electron chi connectivity index (χ0n) is 16.9. The van der Waals surface area contributed by atoms with Crippen LogP contribution in [0.5, 0.6) is 11.6 Å². The number of imide groups is 1. The highest BCUT2D eigenvalue weighted by Crippen LogP contribution is 2.31. The van der Waals surface area contributed by atoms with Crippen molar-refractivity contribution in [3.05, 3.63) is 66.6 Å². The number of rotatable bonds is 5. The molecule has 0 atom stereocenters. The molecule has 154 valence electrons. The van der Waals surface area contributed by atoms with Gasteiger partial charge in [0.1, 0.15) is 11.4 Å². The maximum Gasteiger partial charge on any atom is 0.416 e. The molecule has 3 rings (SSSR count). The molecule has 0 aliphatic rings. The monoisotopic (exact) mass is 406 g/mol. The molecule has 8 heteroatoms. The number of aromatic nitrogens is 2. The first-order valence-corrected chi connectivity index (χ1v) is 9.28. The number of pyridine rings is 2. The number of amides is 2. The summed E-state index contributed by atoms with van der Waals surface area (Å²) >= 11 is 0. The summed E-state index contributed by atoms with van der Waals surface area (Å²) in [5.41, 5.74) is 7.76. The Hall–Kier alpha value is -3.94. The third-order valence-electron chi connectivity index (χ3n) is 4.07. The molecule has 2 heterocycles. The highest BCUT2D eigenvalue weighted by Gasteiger charge is 2.22. The number of ether oxygens (including phenoxy) is 2. The summed E-state index contributed by atoms with van der Waals surface area (Å²) < 4.78 is 11.0. The summed E-state index contributed by atoms with van der Waals surface area (Å²) in [5.74, 6) is 0.359. The van der Waals surface area contributed by atoms with E-state index < -0.39 is 12.0 Å². The van der Waals surface area contributed by atoms with Gasteiger partial charge in [-0.25, -0.2) is 14.7 Å². The van der Waals surface area contributed by atoms with E-state index in [4.69, 9.17) is 15.2 Å². The Kier molecular flexibility index (Phi) is 6.26. The van der Waals surface area contributed by atoms with Gasteiger partial charge in [0.2, 0.25) is 5.88 Å². The molecule has 0 fully saturated rings. The molecule has 0 aliphatic heterocycles. The van der Waals surface area contributed by atoms with Crippen LogP contribution < -0.4 is 10.5 Å². The molecule has 1 aromatic carbocycles. The van der Waals surface area contributed by atoms with Crippen molar-refractivity contribution in [2.45, 2.75) is 20.0 Å². The molecular formula is C22H22N4O4. The molecule has 2 N–H and O–H groups in total. The molecule has 0 saturated carbocycles. The van der Waals surface area contributed by atoms with Gasteiger partial charge in [0.25, 0.3) is 5.91 Å². The predicted molar refractivity (Wildman–Crippen MR) is 112 cm³/mol. The summed E-state index contributed by atoms with van der Waals surface area (Å²) in [6, 6.07) is 13.8. The van der Waals surface area contributed by atoms with E-state index in [-0.39, 0.29) is 11.8 Å². The second-order valence-electron chi connectivity index (χ2n) is 6.75. The van der Waals surface area contributed by atoms with Crippen molar-refractivity contribution in [1.82, 2.24) is 14.9 Å². The van der Waals surface area contributed by atoms with Crippen molar-refractivity contribution in [2.75, 3.05) is 12.8 Å². The number of benzene rings is 1. The van der Waals surface area contributed by atoms with E-state index in [0.29, 0.717) is 28.4 Å². The van der Waals surface area contributed by atoms with Gasteiger partial charge in [-0.05, 0) is 67.9 Å². The Morgan fingerprint density at radius 2 is 1.77 bits per heavy atom. The minimum absolute atomic E-state index is 0.0954. The van der Waals surface area contributed by atoms with Crippen LogP contribution in [-0.2, 0) is 4.74 Å². The average molecular weight is 406 g/mol. The van der Waals surface area contributed by atoms with Gasteiger partial charge in [-0.1, -0.05) is 0 Å². The van der Waals surface area contributed by atoms with Crippen molar-refractivity contribution in [3.63, 3.8) is 0 Å². The zero-order chi connectivity index (χ0) is 21.7. The van der Waals surface area contributed by atoms with Crippen LogP contribution in [-0.4, -0.2) is 40.0 Å². The molecule has 30 heavy (non-hydrogen) atoms. The number of hydrogen-bond acceptors (Lipinski definition) is 7. The lowest BCUT2D eigenvalue weighted by Gasteiger charge is -2.17. The molecule has 2 amide bonds. The number of nitrogens with zero attached hydrogens (tertiary/aromatic N) is 3. The van der Waals surface area contributed by atoms with E-state index in [9.17, 15) is 9.59 Å². The molecule has 0 aliphatic carbocycles. The number of hydrogen-bond donors (Lipinski definition) is 1. The third-order valence-corrected chi connectivity index (χ3v) is 4.07. The number of anilines is 1. The minimum atomic E-state index is -0.740. The first-order valence-electron chi connectivity index (χ1n) is 9.28. The molecule has 0 saturated heterocycles. The number of carbonyl (C=O) groups is 2. The minimum Gasteiger partial charge on any atom is -0.446 e. The lowest BCUT2D eigenvalue weighted by atomic mass is 10.1. The van der Waals surface area contributed by atoms with Crippen LogP contribution in [0.25, 0.3) is 11.1 Å². The molecule has 2 aromatic heterocycles. The van der Waals surface area contributed by atoms with Crippen LogP contribution in [0, 0.1) is 0 Å². The van der Waals surface area contributed by atoms with E-state index in [0.717, 1.165) is 4.90 Å². The molecular weight excluding hydrogens is 384 g/mol. The SMILES string of the molecule is CC(C)OC(=O)N(C)C(=O)c1cc(-c2cccnc2Oc2ccc(N)cc2)ccn1. The van der Waals surface area contributed by atoms with Crippen LogP contribution in [0.4, 0.5) is 10.5 Å². The first-order chi connectivity index (χ1) is 14.3. The summed E-state index contributed by atoms with van der Waals surface area (Å²) in [4.78, 5) is 34.0. The largest absolute Gasteiger partial charge is 0.446 e. The van der Waals surface area contributed by atoms with Gasteiger partial charge in [-0.15, -0.1) is 0 Å². The zero-order valence-corrected chi connectivity index (χ0v) is 16.9. The maximum absolute atomic E-state index is 12.7. The van der Waals surface area contributed by atoms with E-state index in [1.54, 1.807) is 62.5 Å². The van der Waals surface area contributed by atoms with Crippen molar-refractivity contribution in [2.24, 2.45) is 0 Å². The summed E-state index contributed by atoms with van der Waals surface area (Å²) in [7, 11) is 1.35. The highest BCUT2D eigenvalue weighted by atomic mass is 16.6.